The Morgan fingerprint density at radius 1 is 0.914 bits per heavy atom. The molecule has 1 fully saturated rings. The summed E-state index contributed by atoms with van der Waals surface area (Å²) >= 11 is 0. The Balaban J connectivity index is 1.56. The largest absolute Gasteiger partial charge is 0.414 e. The van der Waals surface area contributed by atoms with Crippen LogP contribution in [0.2, 0.25) is 18.1 Å². The Morgan fingerprint density at radius 3 is 1.94 bits per heavy atom. The van der Waals surface area contributed by atoms with Gasteiger partial charge in [-0.05, 0) is 48.5 Å². The molecule has 1 aliphatic rings. The van der Waals surface area contributed by atoms with Gasteiger partial charge in [0, 0.05) is 6.54 Å². The van der Waals surface area contributed by atoms with Gasteiger partial charge < -0.3 is 9.16 Å². The summed E-state index contributed by atoms with van der Waals surface area (Å²) in [5, 5.41) is 3.25. The van der Waals surface area contributed by atoms with Crippen molar-refractivity contribution in [2.75, 3.05) is 13.2 Å². The van der Waals surface area contributed by atoms with Crippen LogP contribution in [0.5, 0.6) is 0 Å². The van der Waals surface area contributed by atoms with Crippen LogP contribution in [-0.4, -0.2) is 33.7 Å². The molecule has 0 radical (unpaired) electrons. The molecule has 194 valence electrons. The van der Waals surface area contributed by atoms with Gasteiger partial charge in [-0.1, -0.05) is 81.4 Å². The first-order chi connectivity index (χ1) is 16.6. The lowest BCUT2D eigenvalue weighted by Gasteiger charge is -2.38. The average Bonchev–Trinajstić information content (AvgIpc) is 2.85. The number of hydrogen-bond donors (Lipinski definition) is 1. The monoisotopic (exact) mass is 519 g/mol. The normalized spacial score (nSPS) is 19.6. The molecule has 0 aromatic heterocycles. The van der Waals surface area contributed by atoms with Crippen molar-refractivity contribution in [1.29, 1.82) is 0 Å². The van der Waals surface area contributed by atoms with Gasteiger partial charge in [0.25, 0.3) is 0 Å². The summed E-state index contributed by atoms with van der Waals surface area (Å²) in [5.41, 5.74) is 1.88. The molecule has 0 unspecified atom stereocenters. The van der Waals surface area contributed by atoms with E-state index in [1.165, 1.54) is 0 Å². The van der Waals surface area contributed by atoms with Gasteiger partial charge in [0.15, 0.2) is 8.32 Å². The third kappa shape index (κ3) is 9.25. The molecule has 1 heterocycles. The molecule has 0 saturated carbocycles. The number of benzene rings is 2. The van der Waals surface area contributed by atoms with Gasteiger partial charge in [0.05, 0.1) is 32.0 Å². The van der Waals surface area contributed by atoms with Crippen molar-refractivity contribution in [3.63, 3.8) is 0 Å². The molecule has 35 heavy (non-hydrogen) atoms. The van der Waals surface area contributed by atoms with Crippen LogP contribution in [0.3, 0.4) is 0 Å². The average molecular weight is 520 g/mol. The Kier molecular flexibility index (Phi) is 10.3. The Morgan fingerprint density at radius 2 is 1.43 bits per heavy atom. The van der Waals surface area contributed by atoms with Crippen molar-refractivity contribution in [3.8, 4) is 0 Å². The molecule has 8 heteroatoms. The minimum Gasteiger partial charge on any atom is -0.414 e. The number of hydrogen-bond acceptors (Lipinski definition) is 5. The van der Waals surface area contributed by atoms with Crippen LogP contribution >= 0.6 is 7.75 Å². The van der Waals surface area contributed by atoms with E-state index in [0.717, 1.165) is 30.4 Å². The molecular formula is C27H42NO5PSi. The van der Waals surface area contributed by atoms with E-state index >= 15 is 0 Å². The Bertz CT molecular complexity index is 888. The fourth-order valence-electron chi connectivity index (χ4n) is 3.58. The number of nitrogens with one attached hydrogen (secondary N) is 1. The van der Waals surface area contributed by atoms with E-state index in [0.29, 0.717) is 13.2 Å². The first kappa shape index (κ1) is 28.3. The number of rotatable bonds is 12. The summed E-state index contributed by atoms with van der Waals surface area (Å²) < 4.78 is 38.0. The summed E-state index contributed by atoms with van der Waals surface area (Å²) in [7, 11) is -5.38. The van der Waals surface area contributed by atoms with Gasteiger partial charge >= 0.3 is 7.75 Å². The summed E-state index contributed by atoms with van der Waals surface area (Å²) in [6.07, 6.45) is 2.93. The number of ether oxygens (including phenoxy) is 1. The predicted molar refractivity (Wildman–Crippen MR) is 144 cm³/mol. The highest BCUT2D eigenvalue weighted by molar-refractivity contribution is 7.51. The molecule has 1 saturated heterocycles. The van der Waals surface area contributed by atoms with Gasteiger partial charge in [-0.3, -0.25) is 9.05 Å². The van der Waals surface area contributed by atoms with E-state index in [-0.39, 0.29) is 30.5 Å². The van der Waals surface area contributed by atoms with Crippen LogP contribution in [0.15, 0.2) is 60.7 Å². The van der Waals surface area contributed by atoms with Crippen molar-refractivity contribution in [2.45, 2.75) is 83.6 Å². The molecule has 1 N–H and O–H groups in total. The molecule has 0 spiro atoms. The second-order valence-electron chi connectivity index (χ2n) is 10.8. The van der Waals surface area contributed by atoms with E-state index in [9.17, 15) is 4.57 Å². The zero-order chi connectivity index (χ0) is 25.4. The van der Waals surface area contributed by atoms with Gasteiger partial charge in [0.1, 0.15) is 0 Å². The summed E-state index contributed by atoms with van der Waals surface area (Å²) in [4.78, 5) is 0. The zero-order valence-electron chi connectivity index (χ0n) is 21.9. The quantitative estimate of drug-likeness (QED) is 0.239. The van der Waals surface area contributed by atoms with Gasteiger partial charge in [-0.25, -0.2) is 9.65 Å². The second kappa shape index (κ2) is 12.8. The van der Waals surface area contributed by atoms with Crippen molar-refractivity contribution >= 4 is 16.1 Å². The molecule has 0 bridgehead atoms. The maximum Gasteiger partial charge on any atom is 0.406 e. The molecule has 2 aromatic carbocycles. The van der Waals surface area contributed by atoms with Gasteiger partial charge in [0.2, 0.25) is 0 Å². The van der Waals surface area contributed by atoms with Crippen molar-refractivity contribution < 1.29 is 22.8 Å². The molecular weight excluding hydrogens is 477 g/mol. The van der Waals surface area contributed by atoms with Crippen molar-refractivity contribution in [1.82, 2.24) is 5.09 Å². The minimum atomic E-state index is -3.56. The van der Waals surface area contributed by atoms with E-state index < -0.39 is 16.1 Å². The summed E-state index contributed by atoms with van der Waals surface area (Å²) in [5.74, 6) is 0. The van der Waals surface area contributed by atoms with Crippen LogP contribution in [0.25, 0.3) is 0 Å². The maximum atomic E-state index is 13.6. The molecule has 2 atom stereocenters. The summed E-state index contributed by atoms with van der Waals surface area (Å²) in [6, 6.07) is 19.4. The van der Waals surface area contributed by atoms with Crippen LogP contribution < -0.4 is 5.09 Å². The van der Waals surface area contributed by atoms with Crippen LogP contribution in [0.4, 0.5) is 0 Å². The Labute approximate surface area is 212 Å². The highest BCUT2D eigenvalue weighted by atomic mass is 31.2. The fraction of sp³-hybridized carbons (Fsp3) is 0.556. The van der Waals surface area contributed by atoms with Crippen LogP contribution in [0, 0.1) is 0 Å². The lowest BCUT2D eigenvalue weighted by atomic mass is 10.0. The third-order valence-electron chi connectivity index (χ3n) is 6.87. The maximum absolute atomic E-state index is 13.6. The molecule has 3 rings (SSSR count). The molecule has 6 nitrogen and oxygen atoms in total. The first-order valence-electron chi connectivity index (χ1n) is 12.6. The summed E-state index contributed by atoms with van der Waals surface area (Å²) in [6.45, 7) is 12.7. The molecule has 0 amide bonds. The van der Waals surface area contributed by atoms with Crippen LogP contribution in [0.1, 0.15) is 51.2 Å². The van der Waals surface area contributed by atoms with E-state index in [1.807, 2.05) is 60.7 Å². The van der Waals surface area contributed by atoms with E-state index in [1.54, 1.807) is 0 Å². The highest BCUT2D eigenvalue weighted by Crippen LogP contribution is 2.45. The lowest BCUT2D eigenvalue weighted by molar-refractivity contribution is -0.0667. The SMILES string of the molecule is CC(C)(C)[Si](C)(C)OC[C@@H]1CCC[C@@H](CNP(=O)(OCc2ccccc2)OCc2ccccc2)O1. The topological polar surface area (TPSA) is 66.0 Å². The first-order valence-corrected chi connectivity index (χ1v) is 17.0. The minimum absolute atomic E-state index is 0.0551. The molecule has 2 aromatic rings. The zero-order valence-corrected chi connectivity index (χ0v) is 23.8. The fourth-order valence-corrected chi connectivity index (χ4v) is 5.94. The van der Waals surface area contributed by atoms with Gasteiger partial charge in [-0.15, -0.1) is 0 Å². The van der Waals surface area contributed by atoms with Crippen LogP contribution in [-0.2, 0) is 36.0 Å². The molecule has 0 aliphatic carbocycles. The Hall–Kier alpha value is -1.31. The predicted octanol–water partition coefficient (Wildman–Crippen LogP) is 7.08. The standard InChI is InChI=1S/C27H42NO5PSi/c1-27(2,3)35(4,5)32-22-26-18-12-17-25(33-26)19-28-34(29,30-20-23-13-8-6-9-14-23)31-21-24-15-10-7-11-16-24/h6-11,13-16,25-26H,12,17-22H2,1-5H3,(H,28,29)/t25-,26-/m0/s1. The molecule has 1 aliphatic heterocycles. The second-order valence-corrected chi connectivity index (χ2v) is 17.4. The van der Waals surface area contributed by atoms with Crippen molar-refractivity contribution in [3.05, 3.63) is 71.8 Å². The lowest BCUT2D eigenvalue weighted by Crippen LogP contribution is -2.44. The smallest absolute Gasteiger partial charge is 0.406 e. The van der Waals surface area contributed by atoms with Gasteiger partial charge in [-0.2, -0.15) is 0 Å². The van der Waals surface area contributed by atoms with Crippen molar-refractivity contribution in [2.24, 2.45) is 0 Å². The highest BCUT2D eigenvalue weighted by Gasteiger charge is 2.38. The van der Waals surface area contributed by atoms with E-state index in [4.69, 9.17) is 18.2 Å². The third-order valence-corrected chi connectivity index (χ3v) is 12.9. The van der Waals surface area contributed by atoms with E-state index in [2.05, 4.69) is 39.0 Å².